The highest BCUT2D eigenvalue weighted by atomic mass is 14.8. The molecule has 0 bridgehead atoms. The average molecular weight is 1220 g/mol. The van der Waals surface area contributed by atoms with E-state index in [1.807, 2.05) is 30.3 Å². The molecule has 96 heavy (non-hydrogen) atoms. The number of rotatable bonds is 13. The van der Waals surface area contributed by atoms with Crippen LogP contribution in [0.25, 0.3) is 179 Å². The molecule has 0 saturated carbocycles. The minimum Gasteiger partial charge on any atom is -0.244 e. The Morgan fingerprint density at radius 1 is 0.104 bits per heavy atom. The molecule has 0 aliphatic rings. The van der Waals surface area contributed by atoms with Crippen LogP contribution in [0.2, 0.25) is 0 Å². The van der Waals surface area contributed by atoms with Gasteiger partial charge in [0.15, 0.2) is 0 Å². The first-order chi connectivity index (χ1) is 47.5. The van der Waals surface area contributed by atoms with Crippen LogP contribution in [0.1, 0.15) is 0 Å². The topological polar surface area (TPSA) is 77.3 Å². The zero-order valence-corrected chi connectivity index (χ0v) is 52.2. The van der Waals surface area contributed by atoms with Crippen LogP contribution in [0, 0.1) is 0 Å². The molecule has 6 nitrogen and oxygen atoms in total. The minimum absolute atomic E-state index is 0.822. The van der Waals surface area contributed by atoms with Crippen molar-refractivity contribution in [3.63, 3.8) is 0 Å². The summed E-state index contributed by atoms with van der Waals surface area (Å²) < 4.78 is 0. The van der Waals surface area contributed by atoms with Crippen molar-refractivity contribution in [2.24, 2.45) is 0 Å². The number of nitrogens with zero attached hydrogens (tertiary/aromatic N) is 6. The molecule has 0 atom stereocenters. The fourth-order valence-electron chi connectivity index (χ4n) is 13.0. The fourth-order valence-corrected chi connectivity index (χ4v) is 13.0. The Morgan fingerprint density at radius 2 is 0.240 bits per heavy atom. The van der Waals surface area contributed by atoms with Gasteiger partial charge in [-0.2, -0.15) is 0 Å². The minimum atomic E-state index is 0.822. The van der Waals surface area contributed by atoms with Gasteiger partial charge in [-0.15, -0.1) is 0 Å². The SMILES string of the molecule is c1ccc(-c2ccc(-c3ccc4nc(-c5ccccc5)c(-c5ccc(-c6ccc(-c7ccc8nc(-c9ccccc9)c(-c9ccc(-c%10ccc(-c%11nc%12cc(-c%13ccc(-c%14ccccc%14)cc%13)ccc%12nc%11-c%11ccccc%11)cc%10)cc9)nc8c7)cc6)cc5)nc4c3)cc2)cc1. The third-order valence-corrected chi connectivity index (χ3v) is 18.1. The molecule has 3 aromatic heterocycles. The van der Waals surface area contributed by atoms with Crippen LogP contribution < -0.4 is 0 Å². The Kier molecular flexibility index (Phi) is 14.8. The summed E-state index contributed by atoms with van der Waals surface area (Å²) in [7, 11) is 0. The van der Waals surface area contributed by atoms with Crippen LogP contribution in [0.4, 0.5) is 0 Å². The van der Waals surface area contributed by atoms with Gasteiger partial charge < -0.3 is 0 Å². The van der Waals surface area contributed by atoms with Crippen molar-refractivity contribution >= 4 is 33.1 Å². The van der Waals surface area contributed by atoms with E-state index in [9.17, 15) is 0 Å². The first-order valence-electron chi connectivity index (χ1n) is 32.4. The second-order valence-corrected chi connectivity index (χ2v) is 24.2. The van der Waals surface area contributed by atoms with Crippen molar-refractivity contribution in [2.75, 3.05) is 0 Å². The first kappa shape index (κ1) is 57.0. The molecule has 3 heterocycles. The highest BCUT2D eigenvalue weighted by molar-refractivity contribution is 5.93. The third-order valence-electron chi connectivity index (χ3n) is 18.1. The van der Waals surface area contributed by atoms with E-state index < -0.39 is 0 Å². The smallest absolute Gasteiger partial charge is 0.0973 e. The van der Waals surface area contributed by atoms with Crippen LogP contribution >= 0.6 is 0 Å². The largest absolute Gasteiger partial charge is 0.244 e. The molecule has 6 heteroatoms. The summed E-state index contributed by atoms with van der Waals surface area (Å²) >= 11 is 0. The molecule has 0 spiro atoms. The molecule has 0 saturated heterocycles. The van der Waals surface area contributed by atoms with Gasteiger partial charge in [0.05, 0.1) is 67.3 Å². The lowest BCUT2D eigenvalue weighted by atomic mass is 9.97. The molecule has 0 unspecified atom stereocenters. The summed E-state index contributed by atoms with van der Waals surface area (Å²) in [6.07, 6.45) is 0. The molecular weight excluding hydrogens is 1170 g/mol. The molecule has 14 aromatic carbocycles. The van der Waals surface area contributed by atoms with Gasteiger partial charge in [0.25, 0.3) is 0 Å². The second kappa shape index (κ2) is 25.0. The van der Waals surface area contributed by atoms with Crippen molar-refractivity contribution in [3.05, 3.63) is 352 Å². The van der Waals surface area contributed by atoms with E-state index in [1.54, 1.807) is 0 Å². The van der Waals surface area contributed by atoms with E-state index in [0.717, 1.165) is 156 Å². The van der Waals surface area contributed by atoms with Crippen LogP contribution in [0.3, 0.4) is 0 Å². The molecule has 0 fully saturated rings. The maximum Gasteiger partial charge on any atom is 0.0973 e. The van der Waals surface area contributed by atoms with E-state index in [2.05, 4.69) is 322 Å². The Bertz CT molecular complexity index is 5660. The Hall–Kier alpha value is -12.9. The number of hydrogen-bond donors (Lipinski definition) is 0. The molecule has 0 N–H and O–H groups in total. The van der Waals surface area contributed by atoms with Gasteiger partial charge >= 0.3 is 0 Å². The summed E-state index contributed by atoms with van der Waals surface area (Å²) in [5, 5.41) is 0. The summed E-state index contributed by atoms with van der Waals surface area (Å²) in [5.41, 5.74) is 31.8. The Morgan fingerprint density at radius 3 is 0.448 bits per heavy atom. The van der Waals surface area contributed by atoms with Crippen molar-refractivity contribution in [1.82, 2.24) is 29.9 Å². The van der Waals surface area contributed by atoms with Gasteiger partial charge in [-0.1, -0.05) is 315 Å². The quantitative estimate of drug-likeness (QED) is 0.114. The van der Waals surface area contributed by atoms with E-state index in [4.69, 9.17) is 29.9 Å². The zero-order valence-electron chi connectivity index (χ0n) is 52.2. The standard InChI is InChI=1S/C90H58N6/c1-6-16-59(17-7-1)61-26-32-67(33-27-61)76-50-53-79-82(56-76)94-88(85(91-79)70-20-10-3-11-21-70)73-44-38-64(39-45-73)63-30-36-69(37-31-63)78-52-55-81-84(58-78)96-90(87(93-81)72-24-14-5-15-25-72)75-48-42-66(43-49-75)65-40-46-74(47-41-65)89-86(71-22-12-4-13-23-71)92-80-54-51-77(57-83(80)95-89)68-34-28-62(29-35-68)60-18-8-2-9-19-60/h1-58H. The molecule has 0 aliphatic carbocycles. The lowest BCUT2D eigenvalue weighted by molar-refractivity contribution is 1.29. The van der Waals surface area contributed by atoms with Crippen LogP contribution in [0.5, 0.6) is 0 Å². The number of fused-ring (bicyclic) bond motifs is 3. The monoisotopic (exact) mass is 1220 g/mol. The second-order valence-electron chi connectivity index (χ2n) is 24.2. The highest BCUT2D eigenvalue weighted by Gasteiger charge is 2.19. The van der Waals surface area contributed by atoms with E-state index in [1.165, 1.54) is 22.3 Å². The predicted octanol–water partition coefficient (Wildman–Crippen LogP) is 23.2. The summed E-state index contributed by atoms with van der Waals surface area (Å²) in [5.74, 6) is 0. The Balaban J connectivity index is 0.638. The van der Waals surface area contributed by atoms with Crippen molar-refractivity contribution in [1.29, 1.82) is 0 Å². The van der Waals surface area contributed by atoms with Crippen molar-refractivity contribution in [3.8, 4) is 145 Å². The molecular formula is C90H58N6. The van der Waals surface area contributed by atoms with Gasteiger partial charge in [-0.05, 0) is 114 Å². The third kappa shape index (κ3) is 11.4. The van der Waals surface area contributed by atoms with Crippen molar-refractivity contribution in [2.45, 2.75) is 0 Å². The number of hydrogen-bond acceptors (Lipinski definition) is 6. The molecule has 0 radical (unpaired) electrons. The predicted molar refractivity (Wildman–Crippen MR) is 396 cm³/mol. The summed E-state index contributed by atoms with van der Waals surface area (Å²) in [6, 6.07) is 123. The van der Waals surface area contributed by atoms with Gasteiger partial charge in [0.2, 0.25) is 0 Å². The maximum absolute atomic E-state index is 5.43. The molecule has 0 amide bonds. The van der Waals surface area contributed by atoms with Gasteiger partial charge in [-0.25, -0.2) is 29.9 Å². The highest BCUT2D eigenvalue weighted by Crippen LogP contribution is 2.39. The summed E-state index contributed by atoms with van der Waals surface area (Å²) in [6.45, 7) is 0. The van der Waals surface area contributed by atoms with E-state index >= 15 is 0 Å². The molecule has 448 valence electrons. The van der Waals surface area contributed by atoms with E-state index in [0.29, 0.717) is 0 Å². The molecule has 0 aliphatic heterocycles. The van der Waals surface area contributed by atoms with Crippen LogP contribution in [-0.2, 0) is 0 Å². The zero-order chi connectivity index (χ0) is 63.7. The van der Waals surface area contributed by atoms with E-state index in [-0.39, 0.29) is 0 Å². The molecule has 17 rings (SSSR count). The van der Waals surface area contributed by atoms with Crippen molar-refractivity contribution < 1.29 is 0 Å². The van der Waals surface area contributed by atoms with Crippen LogP contribution in [0.15, 0.2) is 352 Å². The summed E-state index contributed by atoms with van der Waals surface area (Å²) in [4.78, 5) is 32.0. The average Bonchev–Trinajstić information content (AvgIpc) is 0.809. The number of aromatic nitrogens is 6. The molecule has 17 aromatic rings. The lowest BCUT2D eigenvalue weighted by Crippen LogP contribution is -1.96. The Labute approximate surface area is 557 Å². The first-order valence-corrected chi connectivity index (χ1v) is 32.4. The maximum atomic E-state index is 5.43. The fraction of sp³-hybridized carbons (Fsp3) is 0. The van der Waals surface area contributed by atoms with Crippen LogP contribution in [-0.4, -0.2) is 29.9 Å². The van der Waals surface area contributed by atoms with Gasteiger partial charge in [-0.3, -0.25) is 0 Å². The van der Waals surface area contributed by atoms with Gasteiger partial charge in [0.1, 0.15) is 0 Å². The normalized spacial score (nSPS) is 11.3. The number of benzene rings is 14. The lowest BCUT2D eigenvalue weighted by Gasteiger charge is -2.13. The van der Waals surface area contributed by atoms with Gasteiger partial charge in [0, 0.05) is 33.4 Å².